The summed E-state index contributed by atoms with van der Waals surface area (Å²) in [5.41, 5.74) is 2.26. The van der Waals surface area contributed by atoms with E-state index >= 15 is 0 Å². The highest BCUT2D eigenvalue weighted by atomic mass is 35.5. The fraction of sp³-hybridized carbons (Fsp3) is 0.625. The Morgan fingerprint density at radius 3 is 2.58 bits per heavy atom. The van der Waals surface area contributed by atoms with Gasteiger partial charge in [-0.1, -0.05) is 50.3 Å². The maximum atomic E-state index is 6.08. The van der Waals surface area contributed by atoms with Gasteiger partial charge in [-0.15, -0.1) is 0 Å². The van der Waals surface area contributed by atoms with Crippen LogP contribution in [0.25, 0.3) is 0 Å². The summed E-state index contributed by atoms with van der Waals surface area (Å²) < 4.78 is 0. The largest absolute Gasteiger partial charge is 0.384 e. The minimum atomic E-state index is 0.828. The predicted molar refractivity (Wildman–Crippen MR) is 86.3 cm³/mol. The number of halogens is 1. The summed E-state index contributed by atoms with van der Waals surface area (Å²) in [6, 6.07) is 5.99. The lowest BCUT2D eigenvalue weighted by Crippen LogP contribution is -2.23. The van der Waals surface area contributed by atoms with Crippen LogP contribution in [0.5, 0.6) is 0 Å². The highest BCUT2D eigenvalue weighted by Gasteiger charge is 2.00. The molecule has 0 aliphatic rings. The first kappa shape index (κ1) is 16.3. The molecule has 3 heteroatoms. The average Bonchev–Trinajstić information content (AvgIpc) is 2.41. The Morgan fingerprint density at radius 2 is 1.79 bits per heavy atom. The lowest BCUT2D eigenvalue weighted by molar-refractivity contribution is 0.589. The summed E-state index contributed by atoms with van der Waals surface area (Å²) >= 11 is 6.08. The van der Waals surface area contributed by atoms with Gasteiger partial charge in [-0.3, -0.25) is 0 Å². The smallest absolute Gasteiger partial charge is 0.0455 e. The molecule has 0 radical (unpaired) electrons. The molecular formula is C16H27ClN2. The molecule has 0 aliphatic carbocycles. The van der Waals surface area contributed by atoms with Gasteiger partial charge in [-0.05, 0) is 37.6 Å². The molecule has 0 bridgehead atoms. The SMILES string of the molecule is CCCCCCCNCCNc1cccc(Cl)c1C. The Kier molecular flexibility index (Phi) is 8.68. The zero-order valence-electron chi connectivity index (χ0n) is 12.3. The molecular weight excluding hydrogens is 256 g/mol. The molecule has 0 amide bonds. The van der Waals surface area contributed by atoms with E-state index in [2.05, 4.69) is 23.6 Å². The van der Waals surface area contributed by atoms with Crippen molar-refractivity contribution >= 4 is 17.3 Å². The van der Waals surface area contributed by atoms with Crippen LogP contribution in [-0.2, 0) is 0 Å². The lowest BCUT2D eigenvalue weighted by Gasteiger charge is -2.11. The number of hydrogen-bond donors (Lipinski definition) is 2. The molecule has 0 spiro atoms. The van der Waals surface area contributed by atoms with Crippen molar-refractivity contribution < 1.29 is 0 Å². The van der Waals surface area contributed by atoms with Crippen LogP contribution in [0, 0.1) is 6.92 Å². The van der Waals surface area contributed by atoms with E-state index in [0.717, 1.165) is 35.9 Å². The van der Waals surface area contributed by atoms with E-state index in [4.69, 9.17) is 11.6 Å². The van der Waals surface area contributed by atoms with Crippen LogP contribution in [0.2, 0.25) is 5.02 Å². The molecule has 0 saturated carbocycles. The second-order valence-corrected chi connectivity index (χ2v) is 5.41. The van der Waals surface area contributed by atoms with Gasteiger partial charge >= 0.3 is 0 Å². The molecule has 2 N–H and O–H groups in total. The van der Waals surface area contributed by atoms with Crippen LogP contribution in [0.1, 0.15) is 44.6 Å². The first-order valence-corrected chi connectivity index (χ1v) is 7.83. The summed E-state index contributed by atoms with van der Waals surface area (Å²) in [6.45, 7) is 7.36. The molecule has 2 nitrogen and oxygen atoms in total. The molecule has 0 aromatic heterocycles. The van der Waals surface area contributed by atoms with Crippen molar-refractivity contribution in [3.8, 4) is 0 Å². The monoisotopic (exact) mass is 282 g/mol. The molecule has 0 unspecified atom stereocenters. The van der Waals surface area contributed by atoms with Gasteiger partial charge in [-0.25, -0.2) is 0 Å². The van der Waals surface area contributed by atoms with Crippen LogP contribution < -0.4 is 10.6 Å². The van der Waals surface area contributed by atoms with Crippen molar-refractivity contribution in [1.29, 1.82) is 0 Å². The number of benzene rings is 1. The average molecular weight is 283 g/mol. The Bertz CT molecular complexity index is 353. The molecule has 1 aromatic carbocycles. The van der Waals surface area contributed by atoms with Gasteiger partial charge in [0.2, 0.25) is 0 Å². The summed E-state index contributed by atoms with van der Waals surface area (Å²) in [7, 11) is 0. The van der Waals surface area contributed by atoms with Crippen molar-refractivity contribution in [3.05, 3.63) is 28.8 Å². The Morgan fingerprint density at radius 1 is 1.00 bits per heavy atom. The van der Waals surface area contributed by atoms with E-state index in [1.807, 2.05) is 19.1 Å². The van der Waals surface area contributed by atoms with E-state index in [0.29, 0.717) is 0 Å². The van der Waals surface area contributed by atoms with Crippen molar-refractivity contribution in [1.82, 2.24) is 5.32 Å². The summed E-state index contributed by atoms with van der Waals surface area (Å²) in [5.74, 6) is 0. The second kappa shape index (κ2) is 10.1. The molecule has 1 aromatic rings. The number of anilines is 1. The van der Waals surface area contributed by atoms with Crippen molar-refractivity contribution in [2.45, 2.75) is 46.0 Å². The van der Waals surface area contributed by atoms with Crippen LogP contribution in [0.15, 0.2) is 18.2 Å². The van der Waals surface area contributed by atoms with E-state index in [1.54, 1.807) is 0 Å². The maximum absolute atomic E-state index is 6.08. The van der Waals surface area contributed by atoms with Crippen LogP contribution in [-0.4, -0.2) is 19.6 Å². The number of hydrogen-bond acceptors (Lipinski definition) is 2. The van der Waals surface area contributed by atoms with Crippen molar-refractivity contribution in [2.24, 2.45) is 0 Å². The molecule has 1 rings (SSSR count). The second-order valence-electron chi connectivity index (χ2n) is 5.00. The van der Waals surface area contributed by atoms with Crippen LogP contribution >= 0.6 is 11.6 Å². The molecule has 0 saturated heterocycles. The van der Waals surface area contributed by atoms with Gasteiger partial charge in [-0.2, -0.15) is 0 Å². The molecule has 0 atom stereocenters. The number of rotatable bonds is 10. The van der Waals surface area contributed by atoms with E-state index in [-0.39, 0.29) is 0 Å². The highest BCUT2D eigenvalue weighted by molar-refractivity contribution is 6.31. The molecule has 0 aliphatic heterocycles. The summed E-state index contributed by atoms with van der Waals surface area (Å²) in [6.07, 6.45) is 6.70. The number of unbranched alkanes of at least 4 members (excludes halogenated alkanes) is 4. The normalized spacial score (nSPS) is 10.7. The van der Waals surface area contributed by atoms with Crippen molar-refractivity contribution in [3.63, 3.8) is 0 Å². The Hall–Kier alpha value is -0.730. The van der Waals surface area contributed by atoms with E-state index in [1.165, 1.54) is 32.1 Å². The van der Waals surface area contributed by atoms with Gasteiger partial charge < -0.3 is 10.6 Å². The van der Waals surface area contributed by atoms with Gasteiger partial charge in [0.25, 0.3) is 0 Å². The Labute approximate surface area is 122 Å². The third-order valence-corrected chi connectivity index (χ3v) is 3.75. The number of nitrogens with one attached hydrogen (secondary N) is 2. The zero-order valence-corrected chi connectivity index (χ0v) is 13.0. The zero-order chi connectivity index (χ0) is 13.9. The molecule has 0 heterocycles. The summed E-state index contributed by atoms with van der Waals surface area (Å²) in [4.78, 5) is 0. The van der Waals surface area contributed by atoms with Gasteiger partial charge in [0.1, 0.15) is 0 Å². The third kappa shape index (κ3) is 6.84. The lowest BCUT2D eigenvalue weighted by atomic mass is 10.1. The van der Waals surface area contributed by atoms with Crippen LogP contribution in [0.3, 0.4) is 0 Å². The minimum absolute atomic E-state index is 0.828. The van der Waals surface area contributed by atoms with Gasteiger partial charge in [0, 0.05) is 23.8 Å². The fourth-order valence-electron chi connectivity index (χ4n) is 2.06. The standard InChI is InChI=1S/C16H27ClN2/c1-3-4-5-6-7-11-18-12-13-19-16-10-8-9-15(17)14(16)2/h8-10,18-19H,3-7,11-13H2,1-2H3. The first-order valence-electron chi connectivity index (χ1n) is 7.45. The van der Waals surface area contributed by atoms with Gasteiger partial charge in [0.05, 0.1) is 0 Å². The fourth-order valence-corrected chi connectivity index (χ4v) is 2.24. The predicted octanol–water partition coefficient (Wildman–Crippen LogP) is 4.62. The van der Waals surface area contributed by atoms with Crippen molar-refractivity contribution in [2.75, 3.05) is 25.0 Å². The maximum Gasteiger partial charge on any atom is 0.0455 e. The first-order chi connectivity index (χ1) is 9.25. The van der Waals surface area contributed by atoms with E-state index < -0.39 is 0 Å². The summed E-state index contributed by atoms with van der Waals surface area (Å²) in [5, 5.41) is 7.72. The van der Waals surface area contributed by atoms with E-state index in [9.17, 15) is 0 Å². The quantitative estimate of drug-likeness (QED) is 0.612. The minimum Gasteiger partial charge on any atom is -0.384 e. The molecule has 19 heavy (non-hydrogen) atoms. The topological polar surface area (TPSA) is 24.1 Å². The third-order valence-electron chi connectivity index (χ3n) is 3.34. The molecule has 0 fully saturated rings. The Balaban J connectivity index is 2.03. The highest BCUT2D eigenvalue weighted by Crippen LogP contribution is 2.22. The van der Waals surface area contributed by atoms with Gasteiger partial charge in [0.15, 0.2) is 0 Å². The van der Waals surface area contributed by atoms with Crippen LogP contribution in [0.4, 0.5) is 5.69 Å². The molecule has 108 valence electrons.